The fourth-order valence-electron chi connectivity index (χ4n) is 3.33. The SMILES string of the molecule is O=C(C[C@H]1NCCC[C@@H]1O)Cn1c(CO)nc2cccc(OC(F)(F)F)c21. The van der Waals surface area contributed by atoms with Crippen LogP contribution in [0.1, 0.15) is 25.1 Å². The number of para-hydroxylation sites is 1. The largest absolute Gasteiger partial charge is 0.573 e. The summed E-state index contributed by atoms with van der Waals surface area (Å²) in [7, 11) is 0. The second-order valence-electron chi connectivity index (χ2n) is 6.46. The van der Waals surface area contributed by atoms with Gasteiger partial charge in [0.25, 0.3) is 0 Å². The van der Waals surface area contributed by atoms with Crippen LogP contribution < -0.4 is 10.1 Å². The van der Waals surface area contributed by atoms with E-state index in [0.717, 1.165) is 12.5 Å². The highest BCUT2D eigenvalue weighted by Crippen LogP contribution is 2.31. The average Bonchev–Trinajstić information content (AvgIpc) is 2.94. The van der Waals surface area contributed by atoms with E-state index in [1.54, 1.807) is 0 Å². The molecule has 1 aliphatic rings. The minimum absolute atomic E-state index is 0.00984. The first kappa shape index (κ1) is 19.6. The van der Waals surface area contributed by atoms with E-state index in [4.69, 9.17) is 0 Å². The summed E-state index contributed by atoms with van der Waals surface area (Å²) >= 11 is 0. The van der Waals surface area contributed by atoms with Crippen molar-refractivity contribution in [2.75, 3.05) is 6.54 Å². The van der Waals surface area contributed by atoms with Gasteiger partial charge in [-0.1, -0.05) is 6.07 Å². The van der Waals surface area contributed by atoms with Crippen molar-refractivity contribution < 1.29 is 32.9 Å². The van der Waals surface area contributed by atoms with Crippen LogP contribution in [0.15, 0.2) is 18.2 Å². The second kappa shape index (κ2) is 7.83. The van der Waals surface area contributed by atoms with Crippen molar-refractivity contribution in [3.05, 3.63) is 24.0 Å². The Morgan fingerprint density at radius 1 is 1.41 bits per heavy atom. The minimum atomic E-state index is -4.90. The number of benzene rings is 1. The van der Waals surface area contributed by atoms with E-state index >= 15 is 0 Å². The molecule has 0 unspecified atom stereocenters. The molecule has 0 aliphatic carbocycles. The molecule has 3 rings (SSSR count). The van der Waals surface area contributed by atoms with Gasteiger partial charge in [0, 0.05) is 12.5 Å². The molecule has 0 spiro atoms. The number of nitrogens with zero attached hydrogens (tertiary/aromatic N) is 2. The molecule has 1 aliphatic heterocycles. The first-order chi connectivity index (χ1) is 12.8. The number of Topliss-reactive ketones (excluding diaryl/α,β-unsaturated/α-hetero) is 1. The number of aliphatic hydroxyl groups excluding tert-OH is 2. The number of nitrogens with one attached hydrogen (secondary N) is 1. The van der Waals surface area contributed by atoms with Crippen molar-refractivity contribution >= 4 is 16.8 Å². The number of aliphatic hydroxyl groups is 2. The molecule has 2 atom stereocenters. The fraction of sp³-hybridized carbons (Fsp3) is 0.529. The Balaban J connectivity index is 1.89. The molecule has 1 aromatic carbocycles. The number of hydrogen-bond donors (Lipinski definition) is 3. The number of aromatic nitrogens is 2. The summed E-state index contributed by atoms with van der Waals surface area (Å²) in [5, 5.41) is 22.5. The topological polar surface area (TPSA) is 96.6 Å². The Labute approximate surface area is 152 Å². The number of piperidine rings is 1. The molecule has 1 aromatic heterocycles. The van der Waals surface area contributed by atoms with Gasteiger partial charge in [0.05, 0.1) is 18.2 Å². The van der Waals surface area contributed by atoms with Gasteiger partial charge in [-0.05, 0) is 31.5 Å². The highest BCUT2D eigenvalue weighted by molar-refractivity contribution is 5.86. The van der Waals surface area contributed by atoms with Crippen molar-refractivity contribution in [1.29, 1.82) is 0 Å². The van der Waals surface area contributed by atoms with Crippen LogP contribution in [-0.2, 0) is 17.9 Å². The Hall–Kier alpha value is -2.17. The van der Waals surface area contributed by atoms with E-state index in [2.05, 4.69) is 15.0 Å². The fourth-order valence-corrected chi connectivity index (χ4v) is 3.33. The Kier molecular flexibility index (Phi) is 5.68. The number of alkyl halides is 3. The summed E-state index contributed by atoms with van der Waals surface area (Å²) < 4.78 is 43.4. The van der Waals surface area contributed by atoms with Crippen LogP contribution in [0.3, 0.4) is 0 Å². The van der Waals surface area contributed by atoms with Crippen molar-refractivity contribution in [1.82, 2.24) is 14.9 Å². The number of halogens is 3. The number of fused-ring (bicyclic) bond motifs is 1. The zero-order chi connectivity index (χ0) is 19.6. The molecule has 148 valence electrons. The maximum atomic E-state index is 12.7. The van der Waals surface area contributed by atoms with Crippen molar-refractivity contribution in [3.8, 4) is 5.75 Å². The smallest absolute Gasteiger partial charge is 0.403 e. The standard InChI is InChI=1S/C17H20F3N3O4/c18-17(19,20)27-14-5-1-3-11-16(14)23(15(9-24)22-11)8-10(25)7-12-13(26)4-2-6-21-12/h1,3,5,12-13,21,24,26H,2,4,6-9H2/t12-,13+/m1/s1. The summed E-state index contributed by atoms with van der Waals surface area (Å²) in [6.45, 7) is -0.137. The van der Waals surface area contributed by atoms with E-state index in [9.17, 15) is 28.2 Å². The first-order valence-electron chi connectivity index (χ1n) is 8.56. The van der Waals surface area contributed by atoms with Crippen molar-refractivity contribution in [2.45, 2.75) is 50.9 Å². The molecular weight excluding hydrogens is 367 g/mol. The third kappa shape index (κ3) is 4.57. The Bertz CT molecular complexity index is 822. The molecule has 3 N–H and O–H groups in total. The van der Waals surface area contributed by atoms with Gasteiger partial charge < -0.3 is 24.8 Å². The van der Waals surface area contributed by atoms with E-state index < -0.39 is 30.9 Å². The molecule has 0 bridgehead atoms. The zero-order valence-corrected chi connectivity index (χ0v) is 14.4. The molecule has 1 saturated heterocycles. The number of ketones is 1. The Morgan fingerprint density at radius 2 is 2.19 bits per heavy atom. The molecule has 10 heteroatoms. The van der Waals surface area contributed by atoms with Gasteiger partial charge >= 0.3 is 6.36 Å². The molecule has 0 amide bonds. The Morgan fingerprint density at radius 3 is 2.85 bits per heavy atom. The van der Waals surface area contributed by atoms with Gasteiger partial charge in [-0.25, -0.2) is 4.98 Å². The molecule has 1 fully saturated rings. The number of imidazole rings is 1. The van der Waals surface area contributed by atoms with Gasteiger partial charge in [-0.2, -0.15) is 0 Å². The molecule has 0 saturated carbocycles. The highest BCUT2D eigenvalue weighted by Gasteiger charge is 2.33. The van der Waals surface area contributed by atoms with Crippen LogP contribution in [0.5, 0.6) is 5.75 Å². The lowest BCUT2D eigenvalue weighted by molar-refractivity contribution is -0.274. The number of hydrogen-bond acceptors (Lipinski definition) is 6. The lowest BCUT2D eigenvalue weighted by Gasteiger charge is -2.28. The third-order valence-electron chi connectivity index (χ3n) is 4.51. The molecule has 0 radical (unpaired) electrons. The second-order valence-corrected chi connectivity index (χ2v) is 6.46. The number of rotatable bonds is 6. The molecular formula is C17H20F3N3O4. The molecule has 2 heterocycles. The van der Waals surface area contributed by atoms with Gasteiger partial charge in [0.15, 0.2) is 11.5 Å². The van der Waals surface area contributed by atoms with E-state index in [-0.39, 0.29) is 35.6 Å². The summed E-state index contributed by atoms with van der Waals surface area (Å²) in [6.07, 6.45) is -4.13. The molecule has 2 aromatic rings. The lowest BCUT2D eigenvalue weighted by Crippen LogP contribution is -2.46. The van der Waals surface area contributed by atoms with Crippen LogP contribution in [0.4, 0.5) is 13.2 Å². The van der Waals surface area contributed by atoms with Gasteiger partial charge in [-0.3, -0.25) is 4.79 Å². The zero-order valence-electron chi connectivity index (χ0n) is 14.4. The van der Waals surface area contributed by atoms with Crippen LogP contribution in [-0.4, -0.2) is 50.6 Å². The maximum absolute atomic E-state index is 12.7. The van der Waals surface area contributed by atoms with Crippen LogP contribution in [0.2, 0.25) is 0 Å². The number of carbonyl (C=O) groups excluding carboxylic acids is 1. The molecule has 7 nitrogen and oxygen atoms in total. The predicted molar refractivity (Wildman–Crippen MR) is 89.0 cm³/mol. The van der Waals surface area contributed by atoms with E-state index in [0.29, 0.717) is 13.0 Å². The van der Waals surface area contributed by atoms with Crippen LogP contribution >= 0.6 is 0 Å². The van der Waals surface area contributed by atoms with Crippen molar-refractivity contribution in [3.63, 3.8) is 0 Å². The predicted octanol–water partition coefficient (Wildman–Crippen LogP) is 1.50. The van der Waals surface area contributed by atoms with E-state index in [1.165, 1.54) is 16.7 Å². The molecule has 27 heavy (non-hydrogen) atoms. The quantitative estimate of drug-likeness (QED) is 0.695. The highest BCUT2D eigenvalue weighted by atomic mass is 19.4. The van der Waals surface area contributed by atoms with Gasteiger partial charge in [0.2, 0.25) is 0 Å². The summed E-state index contributed by atoms with van der Waals surface area (Å²) in [4.78, 5) is 16.6. The number of carbonyl (C=O) groups is 1. The van der Waals surface area contributed by atoms with Gasteiger partial charge in [0.1, 0.15) is 17.9 Å². The van der Waals surface area contributed by atoms with E-state index in [1.807, 2.05) is 0 Å². The van der Waals surface area contributed by atoms with Crippen LogP contribution in [0, 0.1) is 0 Å². The summed E-state index contributed by atoms with van der Waals surface area (Å²) in [5.41, 5.74) is 0.175. The average molecular weight is 387 g/mol. The number of ether oxygens (including phenoxy) is 1. The third-order valence-corrected chi connectivity index (χ3v) is 4.51. The van der Waals surface area contributed by atoms with Crippen LogP contribution in [0.25, 0.3) is 11.0 Å². The normalized spacial score (nSPS) is 20.8. The van der Waals surface area contributed by atoms with Gasteiger partial charge in [-0.15, -0.1) is 13.2 Å². The maximum Gasteiger partial charge on any atom is 0.573 e. The summed E-state index contributed by atoms with van der Waals surface area (Å²) in [5.74, 6) is -0.728. The lowest BCUT2D eigenvalue weighted by atomic mass is 9.97. The van der Waals surface area contributed by atoms with Crippen molar-refractivity contribution in [2.24, 2.45) is 0 Å². The minimum Gasteiger partial charge on any atom is -0.403 e. The first-order valence-corrected chi connectivity index (χ1v) is 8.56. The summed E-state index contributed by atoms with van der Waals surface area (Å²) in [6, 6.07) is 3.56. The monoisotopic (exact) mass is 387 g/mol.